The lowest BCUT2D eigenvalue weighted by Crippen LogP contribution is -2.01. The third kappa shape index (κ3) is 1.70. The minimum Gasteiger partial charge on any atom is -0.508 e. The van der Waals surface area contributed by atoms with Crippen molar-refractivity contribution in [3.05, 3.63) is 34.4 Å². The minimum absolute atomic E-state index is 0.222. The summed E-state index contributed by atoms with van der Waals surface area (Å²) >= 11 is 3.35. The van der Waals surface area contributed by atoms with Crippen LogP contribution in [0.25, 0.3) is 5.69 Å². The molecule has 0 spiro atoms. The Balaban J connectivity index is 2.54. The summed E-state index contributed by atoms with van der Waals surface area (Å²) in [6.45, 7) is 1.87. The summed E-state index contributed by atoms with van der Waals surface area (Å²) in [5, 5.41) is 13.4. The lowest BCUT2D eigenvalue weighted by molar-refractivity contribution is 0.475. The highest BCUT2D eigenvalue weighted by molar-refractivity contribution is 9.10. The molecule has 2 aromatic rings. The molecule has 0 aliphatic carbocycles. The van der Waals surface area contributed by atoms with Gasteiger partial charge in [-0.05, 0) is 47.1 Å². The van der Waals surface area contributed by atoms with Crippen molar-refractivity contribution in [3.63, 3.8) is 0 Å². The molecule has 15 heavy (non-hydrogen) atoms. The monoisotopic (exact) mass is 267 g/mol. The number of nitrogens with zero attached hydrogens (tertiary/aromatic N) is 2. The van der Waals surface area contributed by atoms with Crippen molar-refractivity contribution in [2.45, 2.75) is 6.92 Å². The largest absolute Gasteiger partial charge is 0.508 e. The van der Waals surface area contributed by atoms with Crippen LogP contribution in [0, 0.1) is 6.92 Å². The highest BCUT2D eigenvalue weighted by Crippen LogP contribution is 2.26. The van der Waals surface area contributed by atoms with Crippen molar-refractivity contribution in [2.24, 2.45) is 0 Å². The standard InChI is InChI=1S/C10H10BrN3O/c1-6-9(11)10(12)14(13-6)7-2-4-8(15)5-3-7/h2-5,15H,12H2,1H3. The van der Waals surface area contributed by atoms with Crippen LogP contribution in [0.1, 0.15) is 5.69 Å². The number of phenolic OH excluding ortho intramolecular Hbond substituents is 1. The molecule has 0 aliphatic rings. The van der Waals surface area contributed by atoms with Crippen LogP contribution in [0.5, 0.6) is 5.75 Å². The Bertz CT molecular complexity index is 490. The summed E-state index contributed by atoms with van der Waals surface area (Å²) in [6.07, 6.45) is 0. The van der Waals surface area contributed by atoms with E-state index in [9.17, 15) is 0 Å². The number of rotatable bonds is 1. The molecule has 4 nitrogen and oxygen atoms in total. The zero-order valence-electron chi connectivity index (χ0n) is 8.11. The molecular weight excluding hydrogens is 258 g/mol. The third-order valence-electron chi connectivity index (χ3n) is 2.11. The predicted octanol–water partition coefficient (Wildman–Crippen LogP) is 2.23. The molecule has 78 valence electrons. The summed E-state index contributed by atoms with van der Waals surface area (Å²) in [5.74, 6) is 0.776. The summed E-state index contributed by atoms with van der Waals surface area (Å²) in [7, 11) is 0. The number of aromatic nitrogens is 2. The third-order valence-corrected chi connectivity index (χ3v) is 3.10. The number of benzene rings is 1. The van der Waals surface area contributed by atoms with Crippen LogP contribution < -0.4 is 5.73 Å². The molecular formula is C10H10BrN3O. The second-order valence-electron chi connectivity index (χ2n) is 3.21. The zero-order valence-corrected chi connectivity index (χ0v) is 9.69. The van der Waals surface area contributed by atoms with Crippen LogP contribution in [0.3, 0.4) is 0 Å². The molecule has 1 aromatic carbocycles. The van der Waals surface area contributed by atoms with Crippen molar-refractivity contribution in [2.75, 3.05) is 5.73 Å². The molecule has 0 saturated carbocycles. The maximum Gasteiger partial charge on any atom is 0.141 e. The molecule has 0 unspecified atom stereocenters. The van der Waals surface area contributed by atoms with Gasteiger partial charge in [0.25, 0.3) is 0 Å². The van der Waals surface area contributed by atoms with Gasteiger partial charge in [0.2, 0.25) is 0 Å². The molecule has 0 atom stereocenters. The molecule has 0 bridgehead atoms. The second-order valence-corrected chi connectivity index (χ2v) is 4.01. The first-order valence-corrected chi connectivity index (χ1v) is 5.19. The fourth-order valence-electron chi connectivity index (χ4n) is 1.32. The van der Waals surface area contributed by atoms with Crippen LogP contribution >= 0.6 is 15.9 Å². The van der Waals surface area contributed by atoms with Crippen LogP contribution in [-0.4, -0.2) is 14.9 Å². The van der Waals surface area contributed by atoms with Crippen molar-refractivity contribution < 1.29 is 5.11 Å². The van der Waals surface area contributed by atoms with E-state index in [-0.39, 0.29) is 5.75 Å². The number of halogens is 1. The predicted molar refractivity (Wildman–Crippen MR) is 62.1 cm³/mol. The van der Waals surface area contributed by atoms with Crippen LogP contribution in [-0.2, 0) is 0 Å². The van der Waals surface area contributed by atoms with Gasteiger partial charge in [-0.2, -0.15) is 5.10 Å². The lowest BCUT2D eigenvalue weighted by Gasteiger charge is -2.03. The van der Waals surface area contributed by atoms with Crippen LogP contribution in [0.4, 0.5) is 5.82 Å². The van der Waals surface area contributed by atoms with Gasteiger partial charge in [-0.25, -0.2) is 4.68 Å². The highest BCUT2D eigenvalue weighted by Gasteiger charge is 2.10. The van der Waals surface area contributed by atoms with E-state index >= 15 is 0 Å². The fourth-order valence-corrected chi connectivity index (χ4v) is 1.56. The molecule has 3 N–H and O–H groups in total. The number of aromatic hydroxyl groups is 1. The van der Waals surface area contributed by atoms with Crippen molar-refractivity contribution in [1.29, 1.82) is 0 Å². The first-order valence-electron chi connectivity index (χ1n) is 4.39. The van der Waals surface area contributed by atoms with E-state index in [0.717, 1.165) is 15.9 Å². The normalized spacial score (nSPS) is 10.5. The topological polar surface area (TPSA) is 64.1 Å². The number of aryl methyl sites for hydroxylation is 1. The molecule has 1 aromatic heterocycles. The van der Waals surface area contributed by atoms with Crippen LogP contribution in [0.15, 0.2) is 28.7 Å². The van der Waals surface area contributed by atoms with Gasteiger partial charge in [0.15, 0.2) is 0 Å². The number of nitrogen functional groups attached to an aromatic ring is 1. The van der Waals surface area contributed by atoms with Crippen molar-refractivity contribution in [3.8, 4) is 11.4 Å². The average Bonchev–Trinajstić information content (AvgIpc) is 2.47. The van der Waals surface area contributed by atoms with Gasteiger partial charge in [-0.3, -0.25) is 0 Å². The highest BCUT2D eigenvalue weighted by atomic mass is 79.9. The number of hydrogen-bond acceptors (Lipinski definition) is 3. The van der Waals surface area contributed by atoms with E-state index in [0.29, 0.717) is 5.82 Å². The maximum atomic E-state index is 9.16. The molecule has 0 saturated heterocycles. The van der Waals surface area contributed by atoms with E-state index in [2.05, 4.69) is 21.0 Å². The average molecular weight is 268 g/mol. The van der Waals surface area contributed by atoms with Gasteiger partial charge in [-0.1, -0.05) is 0 Å². The number of nitrogens with two attached hydrogens (primary N) is 1. The van der Waals surface area contributed by atoms with Gasteiger partial charge in [-0.15, -0.1) is 0 Å². The van der Waals surface area contributed by atoms with Gasteiger partial charge >= 0.3 is 0 Å². The molecule has 0 aliphatic heterocycles. The fraction of sp³-hybridized carbons (Fsp3) is 0.100. The Labute approximate surface area is 95.5 Å². The van der Waals surface area contributed by atoms with Crippen molar-refractivity contribution in [1.82, 2.24) is 9.78 Å². The second kappa shape index (κ2) is 3.58. The molecule has 0 fully saturated rings. The SMILES string of the molecule is Cc1nn(-c2ccc(O)cc2)c(N)c1Br. The smallest absolute Gasteiger partial charge is 0.141 e. The van der Waals surface area contributed by atoms with Crippen LogP contribution in [0.2, 0.25) is 0 Å². The Morgan fingerprint density at radius 3 is 2.40 bits per heavy atom. The minimum atomic E-state index is 0.222. The van der Waals surface area contributed by atoms with E-state index in [4.69, 9.17) is 10.8 Å². The Morgan fingerprint density at radius 1 is 1.33 bits per heavy atom. The first-order chi connectivity index (χ1) is 7.09. The maximum absolute atomic E-state index is 9.16. The van der Waals surface area contributed by atoms with Gasteiger partial charge in [0.1, 0.15) is 11.6 Å². The Hall–Kier alpha value is -1.49. The summed E-state index contributed by atoms with van der Waals surface area (Å²) in [6, 6.07) is 6.70. The van der Waals surface area contributed by atoms with E-state index in [1.807, 2.05) is 6.92 Å². The van der Waals surface area contributed by atoms with Crippen molar-refractivity contribution >= 4 is 21.7 Å². The zero-order chi connectivity index (χ0) is 11.0. The Kier molecular flexibility index (Phi) is 2.40. The molecule has 5 heteroatoms. The summed E-state index contributed by atoms with van der Waals surface area (Å²) in [5.41, 5.74) is 7.52. The quantitative estimate of drug-likeness (QED) is 0.833. The van der Waals surface area contributed by atoms with Gasteiger partial charge in [0.05, 0.1) is 15.9 Å². The van der Waals surface area contributed by atoms with E-state index in [1.54, 1.807) is 28.9 Å². The number of phenols is 1. The molecule has 1 heterocycles. The summed E-state index contributed by atoms with van der Waals surface area (Å²) in [4.78, 5) is 0. The van der Waals surface area contributed by atoms with Gasteiger partial charge < -0.3 is 10.8 Å². The Morgan fingerprint density at radius 2 is 1.93 bits per heavy atom. The van der Waals surface area contributed by atoms with Gasteiger partial charge in [0, 0.05) is 0 Å². The number of anilines is 1. The number of hydrogen-bond donors (Lipinski definition) is 2. The molecule has 0 radical (unpaired) electrons. The molecule has 0 amide bonds. The molecule has 2 rings (SSSR count). The van der Waals surface area contributed by atoms with E-state index in [1.165, 1.54) is 0 Å². The lowest BCUT2D eigenvalue weighted by atomic mass is 10.3. The van der Waals surface area contributed by atoms with E-state index < -0.39 is 0 Å². The summed E-state index contributed by atoms with van der Waals surface area (Å²) < 4.78 is 2.43. The first kappa shape index (κ1) is 10.0.